The molecule has 0 unspecified atom stereocenters. The van der Waals surface area contributed by atoms with E-state index in [0.29, 0.717) is 0 Å². The van der Waals surface area contributed by atoms with Crippen molar-refractivity contribution in [3.63, 3.8) is 0 Å². The van der Waals surface area contributed by atoms with Gasteiger partial charge in [0, 0.05) is 9.52 Å². The molecular weight excluding hydrogens is 686 g/mol. The van der Waals surface area contributed by atoms with Crippen molar-refractivity contribution in [2.45, 2.75) is 26.9 Å². The maximum Gasteiger partial charge on any atom is 4.00 e. The number of rotatable bonds is 2. The molecule has 0 atom stereocenters. The molecule has 0 aliphatic carbocycles. The first-order chi connectivity index (χ1) is 17.1. The van der Waals surface area contributed by atoms with Gasteiger partial charge in [-0.2, -0.15) is 12.1 Å². The molecular formula is C34H32Cl2HfSi. The third-order valence-corrected chi connectivity index (χ3v) is 5.92. The molecule has 6 aromatic carbocycles. The third-order valence-electron chi connectivity index (χ3n) is 5.92. The van der Waals surface area contributed by atoms with Crippen molar-refractivity contribution in [1.29, 1.82) is 0 Å². The minimum Gasteiger partial charge on any atom is -1.00 e. The van der Waals surface area contributed by atoms with Crippen molar-refractivity contribution in [3.8, 4) is 22.3 Å². The van der Waals surface area contributed by atoms with Gasteiger partial charge in [-0.25, -0.2) is 0 Å². The van der Waals surface area contributed by atoms with Gasteiger partial charge in [0.1, 0.15) is 0 Å². The van der Waals surface area contributed by atoms with Crippen LogP contribution in [0.1, 0.15) is 11.1 Å². The molecule has 0 saturated carbocycles. The van der Waals surface area contributed by atoms with E-state index in [1.54, 1.807) is 0 Å². The average Bonchev–Trinajstić information content (AvgIpc) is 3.45. The SMILES string of the molecule is C[Si]C.Cc1cc2cc(-c3ccccc3)ccc2[cH-]1.Cc1cc2cc(-c3ccccc3)ccc2[cH-]1.[Cl-].[Cl-].[Hf+4]. The minimum absolute atomic E-state index is 0. The van der Waals surface area contributed by atoms with E-state index >= 15 is 0 Å². The van der Waals surface area contributed by atoms with E-state index in [-0.39, 0.29) is 50.7 Å². The van der Waals surface area contributed by atoms with Gasteiger partial charge < -0.3 is 24.8 Å². The molecule has 0 aliphatic rings. The molecule has 38 heavy (non-hydrogen) atoms. The quantitative estimate of drug-likeness (QED) is 0.189. The Kier molecular flexibility index (Phi) is 14.8. The van der Waals surface area contributed by atoms with E-state index in [2.05, 4.69) is 148 Å². The van der Waals surface area contributed by atoms with Gasteiger partial charge in [-0.15, -0.1) is 56.9 Å². The molecule has 0 nitrogen and oxygen atoms in total. The van der Waals surface area contributed by atoms with Crippen molar-refractivity contribution < 1.29 is 50.7 Å². The number of hydrogen-bond donors (Lipinski definition) is 0. The Labute approximate surface area is 261 Å². The molecule has 0 spiro atoms. The van der Waals surface area contributed by atoms with Crippen LogP contribution in [0.4, 0.5) is 0 Å². The molecule has 4 heteroatoms. The maximum atomic E-state index is 2.26. The Morgan fingerprint density at radius 2 is 0.816 bits per heavy atom. The third kappa shape index (κ3) is 8.92. The molecule has 0 bridgehead atoms. The van der Waals surface area contributed by atoms with Gasteiger partial charge in [0.15, 0.2) is 0 Å². The second-order valence-corrected chi connectivity index (χ2v) is 9.98. The summed E-state index contributed by atoms with van der Waals surface area (Å²) in [6.45, 7) is 8.59. The number of halogens is 2. The summed E-state index contributed by atoms with van der Waals surface area (Å²) in [5, 5.41) is 5.33. The Balaban J connectivity index is 0.000000322. The Hall–Kier alpha value is -2.23. The topological polar surface area (TPSA) is 0 Å². The molecule has 190 valence electrons. The van der Waals surface area contributed by atoms with Gasteiger partial charge in [-0.3, -0.25) is 0 Å². The first kappa shape index (κ1) is 33.8. The maximum absolute atomic E-state index is 2.26. The van der Waals surface area contributed by atoms with Crippen LogP contribution < -0.4 is 24.8 Å². The van der Waals surface area contributed by atoms with Gasteiger partial charge in [0.25, 0.3) is 0 Å². The van der Waals surface area contributed by atoms with Crippen LogP contribution >= 0.6 is 0 Å². The molecule has 0 N–H and O–H groups in total. The Morgan fingerprint density at radius 3 is 1.16 bits per heavy atom. The summed E-state index contributed by atoms with van der Waals surface area (Å²) in [6, 6.07) is 43.2. The van der Waals surface area contributed by atoms with Crippen molar-refractivity contribution >= 4 is 31.1 Å². The van der Waals surface area contributed by atoms with E-state index in [9.17, 15) is 0 Å². The van der Waals surface area contributed by atoms with E-state index < -0.39 is 0 Å². The van der Waals surface area contributed by atoms with Crippen LogP contribution in [0.15, 0.2) is 121 Å². The minimum atomic E-state index is 0. The van der Waals surface area contributed by atoms with Crippen LogP contribution in [0.3, 0.4) is 0 Å². The number of aryl methyl sites for hydroxylation is 2. The van der Waals surface area contributed by atoms with Gasteiger partial charge in [0.2, 0.25) is 0 Å². The fraction of sp³-hybridized carbons (Fsp3) is 0.118. The van der Waals surface area contributed by atoms with Crippen molar-refractivity contribution in [2.24, 2.45) is 0 Å². The van der Waals surface area contributed by atoms with Crippen molar-refractivity contribution in [2.75, 3.05) is 0 Å². The number of benzene rings is 4. The van der Waals surface area contributed by atoms with Crippen LogP contribution in [0.5, 0.6) is 0 Å². The van der Waals surface area contributed by atoms with Crippen LogP contribution in [0, 0.1) is 13.8 Å². The monoisotopic (exact) mass is 718 g/mol. The molecule has 6 aromatic rings. The predicted molar refractivity (Wildman–Crippen MR) is 157 cm³/mol. The van der Waals surface area contributed by atoms with Gasteiger partial charge in [-0.05, 0) is 22.3 Å². The summed E-state index contributed by atoms with van der Waals surface area (Å²) in [4.78, 5) is 0. The molecule has 0 aromatic heterocycles. The fourth-order valence-electron chi connectivity index (χ4n) is 4.35. The largest absolute Gasteiger partial charge is 4.00 e. The van der Waals surface area contributed by atoms with Gasteiger partial charge >= 0.3 is 25.8 Å². The Bertz CT molecular complexity index is 1390. The second kappa shape index (κ2) is 16.7. The number of hydrogen-bond acceptors (Lipinski definition) is 0. The summed E-state index contributed by atoms with van der Waals surface area (Å²) >= 11 is 0. The first-order valence-electron chi connectivity index (χ1n) is 12.1. The van der Waals surface area contributed by atoms with Crippen LogP contribution in [-0.4, -0.2) is 9.52 Å². The Morgan fingerprint density at radius 1 is 0.474 bits per heavy atom. The van der Waals surface area contributed by atoms with Gasteiger partial charge in [-0.1, -0.05) is 112 Å². The second-order valence-electron chi connectivity index (χ2n) is 8.98. The zero-order valence-corrected chi connectivity index (χ0v) is 28.4. The summed E-state index contributed by atoms with van der Waals surface area (Å²) in [5.74, 6) is 0. The zero-order valence-electron chi connectivity index (χ0n) is 22.3. The van der Waals surface area contributed by atoms with Crippen molar-refractivity contribution in [1.82, 2.24) is 0 Å². The molecule has 6 rings (SSSR count). The van der Waals surface area contributed by atoms with Crippen molar-refractivity contribution in [3.05, 3.63) is 132 Å². The summed E-state index contributed by atoms with van der Waals surface area (Å²) in [5.41, 5.74) is 7.81. The molecule has 0 heterocycles. The van der Waals surface area contributed by atoms with Crippen LogP contribution in [0.25, 0.3) is 43.8 Å². The molecule has 0 amide bonds. The van der Waals surface area contributed by atoms with E-state index in [4.69, 9.17) is 0 Å². The molecule has 0 saturated heterocycles. The van der Waals surface area contributed by atoms with Crippen LogP contribution in [0.2, 0.25) is 13.1 Å². The smallest absolute Gasteiger partial charge is 1.00 e. The molecule has 0 fully saturated rings. The summed E-state index contributed by atoms with van der Waals surface area (Å²) in [6.07, 6.45) is 0. The predicted octanol–water partition coefficient (Wildman–Crippen LogP) is 3.86. The van der Waals surface area contributed by atoms with E-state index in [0.717, 1.165) is 9.52 Å². The standard InChI is InChI=1S/2C16H13.C2H6Si.2ClH.Hf/c2*1-12-9-14-7-8-15(11-16(14)10-12)13-5-3-2-4-6-13;1-3-2;;;/h2*2-11H,1H3;1-2H3;2*1H;/q2*-1;;;;+4/p-2. The van der Waals surface area contributed by atoms with Crippen LogP contribution in [-0.2, 0) is 25.8 Å². The number of fused-ring (bicyclic) bond motifs is 2. The molecule has 2 radical (unpaired) electrons. The van der Waals surface area contributed by atoms with Gasteiger partial charge in [0.05, 0.1) is 0 Å². The van der Waals surface area contributed by atoms with E-state index in [1.807, 2.05) is 0 Å². The summed E-state index contributed by atoms with van der Waals surface area (Å²) in [7, 11) is 1.08. The average molecular weight is 718 g/mol. The zero-order chi connectivity index (χ0) is 24.6. The molecule has 0 aliphatic heterocycles. The summed E-state index contributed by atoms with van der Waals surface area (Å²) < 4.78 is 0. The fourth-order valence-corrected chi connectivity index (χ4v) is 4.35. The normalized spacial score (nSPS) is 9.58. The van der Waals surface area contributed by atoms with E-state index in [1.165, 1.54) is 54.9 Å². The first-order valence-corrected chi connectivity index (χ1v) is 14.1.